The summed E-state index contributed by atoms with van der Waals surface area (Å²) >= 11 is 5.99. The molecule has 1 aliphatic rings. The fraction of sp³-hybridized carbons (Fsp3) is 0.533. The molecule has 0 amide bonds. The molecule has 2 rings (SSSR count). The van der Waals surface area contributed by atoms with Crippen LogP contribution in [0.15, 0.2) is 18.2 Å². The molecule has 1 atom stereocenters. The van der Waals surface area contributed by atoms with Crippen LogP contribution >= 0.6 is 11.6 Å². The number of anilines is 1. The number of nitrogens with one attached hydrogen (secondary N) is 1. The molecule has 104 valence electrons. The number of methoxy groups -OCH3 is 1. The molecule has 0 saturated heterocycles. The predicted octanol–water partition coefficient (Wildman–Crippen LogP) is 4.12. The number of benzene rings is 1. The van der Waals surface area contributed by atoms with E-state index < -0.39 is 5.97 Å². The van der Waals surface area contributed by atoms with Crippen LogP contribution in [0.1, 0.15) is 43.0 Å². The van der Waals surface area contributed by atoms with E-state index in [0.717, 1.165) is 11.6 Å². The molecule has 0 aliphatic heterocycles. The normalized spacial score (nSPS) is 16.6. The number of halogens is 1. The van der Waals surface area contributed by atoms with Crippen LogP contribution in [0.4, 0.5) is 5.69 Å². The van der Waals surface area contributed by atoms with Gasteiger partial charge in [-0.3, -0.25) is 0 Å². The van der Waals surface area contributed by atoms with E-state index in [0.29, 0.717) is 16.6 Å². The van der Waals surface area contributed by atoms with Crippen LogP contribution in [0.5, 0.6) is 0 Å². The molecule has 1 fully saturated rings. The van der Waals surface area contributed by atoms with E-state index in [2.05, 4.69) is 12.2 Å². The highest BCUT2D eigenvalue weighted by atomic mass is 35.5. The van der Waals surface area contributed by atoms with E-state index in [1.807, 2.05) is 6.07 Å². The van der Waals surface area contributed by atoms with Gasteiger partial charge >= 0.3 is 5.97 Å². The molecule has 0 spiro atoms. The molecular formula is C15H20ClNO2. The van der Waals surface area contributed by atoms with Gasteiger partial charge < -0.3 is 10.1 Å². The fourth-order valence-corrected chi connectivity index (χ4v) is 2.65. The lowest BCUT2D eigenvalue weighted by atomic mass is 9.81. The zero-order valence-electron chi connectivity index (χ0n) is 11.4. The molecule has 0 aromatic heterocycles. The minimum atomic E-state index is -0.403. The lowest BCUT2D eigenvalue weighted by Crippen LogP contribution is -2.23. The number of ether oxygens (including phenoxy) is 1. The summed E-state index contributed by atoms with van der Waals surface area (Å²) in [6.07, 6.45) is 5.24. The Labute approximate surface area is 119 Å². The van der Waals surface area contributed by atoms with E-state index >= 15 is 0 Å². The van der Waals surface area contributed by atoms with Gasteiger partial charge in [-0.05, 0) is 37.5 Å². The topological polar surface area (TPSA) is 38.3 Å². The summed E-state index contributed by atoms with van der Waals surface area (Å²) in [5, 5.41) is 3.84. The van der Waals surface area contributed by atoms with E-state index in [9.17, 15) is 4.79 Å². The Morgan fingerprint density at radius 2 is 2.26 bits per heavy atom. The van der Waals surface area contributed by atoms with Crippen molar-refractivity contribution < 1.29 is 9.53 Å². The van der Waals surface area contributed by atoms with E-state index in [-0.39, 0.29) is 0 Å². The molecule has 1 aliphatic carbocycles. The van der Waals surface area contributed by atoms with Crippen molar-refractivity contribution in [3.8, 4) is 0 Å². The van der Waals surface area contributed by atoms with Gasteiger partial charge in [-0.15, -0.1) is 0 Å². The third-order valence-corrected chi connectivity index (χ3v) is 4.03. The van der Waals surface area contributed by atoms with Crippen molar-refractivity contribution >= 4 is 23.3 Å². The first-order valence-corrected chi connectivity index (χ1v) is 7.12. The average molecular weight is 282 g/mol. The van der Waals surface area contributed by atoms with E-state index in [1.165, 1.54) is 32.8 Å². The van der Waals surface area contributed by atoms with Crippen molar-refractivity contribution in [2.75, 3.05) is 12.4 Å². The molecule has 3 nitrogen and oxygen atoms in total. The van der Waals surface area contributed by atoms with Crippen molar-refractivity contribution in [3.05, 3.63) is 28.8 Å². The van der Waals surface area contributed by atoms with Gasteiger partial charge in [-0.1, -0.05) is 30.9 Å². The first-order valence-electron chi connectivity index (χ1n) is 6.74. The minimum Gasteiger partial charge on any atom is -0.465 e. The number of esters is 1. The Morgan fingerprint density at radius 1 is 1.53 bits per heavy atom. The van der Waals surface area contributed by atoms with Crippen LogP contribution in [0.3, 0.4) is 0 Å². The summed E-state index contributed by atoms with van der Waals surface area (Å²) in [4.78, 5) is 11.6. The number of rotatable bonds is 5. The molecule has 1 saturated carbocycles. The highest BCUT2D eigenvalue weighted by molar-refractivity contribution is 6.33. The molecule has 0 heterocycles. The molecule has 19 heavy (non-hydrogen) atoms. The number of carbonyl (C=O) groups excluding carboxylic acids is 1. The third kappa shape index (κ3) is 3.63. The average Bonchev–Trinajstić information content (AvgIpc) is 2.35. The monoisotopic (exact) mass is 281 g/mol. The Balaban J connectivity index is 2.01. The Kier molecular flexibility index (Phi) is 4.70. The third-order valence-electron chi connectivity index (χ3n) is 3.70. The highest BCUT2D eigenvalue weighted by Gasteiger charge is 2.20. The number of hydrogen-bond acceptors (Lipinski definition) is 3. The number of hydrogen-bond donors (Lipinski definition) is 1. The van der Waals surface area contributed by atoms with Gasteiger partial charge in [0.1, 0.15) is 0 Å². The molecule has 1 aromatic rings. The Bertz CT molecular complexity index is 457. The zero-order valence-corrected chi connectivity index (χ0v) is 12.2. The maximum Gasteiger partial charge on any atom is 0.339 e. The molecular weight excluding hydrogens is 262 g/mol. The molecule has 1 unspecified atom stereocenters. The van der Waals surface area contributed by atoms with Gasteiger partial charge in [0.05, 0.1) is 17.7 Å². The largest absolute Gasteiger partial charge is 0.465 e. The van der Waals surface area contributed by atoms with Crippen molar-refractivity contribution in [1.29, 1.82) is 0 Å². The minimum absolute atomic E-state index is 0.400. The molecule has 1 N–H and O–H groups in total. The van der Waals surface area contributed by atoms with Gasteiger partial charge in [0.25, 0.3) is 0 Å². The van der Waals surface area contributed by atoms with E-state index in [4.69, 9.17) is 16.3 Å². The van der Waals surface area contributed by atoms with Gasteiger partial charge in [0.2, 0.25) is 0 Å². The van der Waals surface area contributed by atoms with Gasteiger partial charge in [-0.2, -0.15) is 0 Å². The van der Waals surface area contributed by atoms with Crippen LogP contribution in [0.2, 0.25) is 5.02 Å². The van der Waals surface area contributed by atoms with Crippen molar-refractivity contribution in [3.63, 3.8) is 0 Å². The van der Waals surface area contributed by atoms with Crippen LogP contribution < -0.4 is 5.32 Å². The summed E-state index contributed by atoms with van der Waals surface area (Å²) in [6.45, 7) is 2.17. The van der Waals surface area contributed by atoms with Crippen LogP contribution in [0, 0.1) is 5.92 Å². The second kappa shape index (κ2) is 6.29. The van der Waals surface area contributed by atoms with Crippen LogP contribution in [0.25, 0.3) is 0 Å². The van der Waals surface area contributed by atoms with Crippen molar-refractivity contribution in [1.82, 2.24) is 0 Å². The molecule has 4 heteroatoms. The second-order valence-electron chi connectivity index (χ2n) is 5.26. The lowest BCUT2D eigenvalue weighted by Gasteiger charge is -2.29. The standard InChI is InChI=1S/C15H20ClNO2/c1-10(8-11-4-3-5-11)17-12-6-7-14(16)13(9-12)15(18)19-2/h6-7,9-11,17H,3-5,8H2,1-2H3. The maximum atomic E-state index is 11.6. The SMILES string of the molecule is COC(=O)c1cc(NC(C)CC2CCC2)ccc1Cl. The first-order chi connectivity index (χ1) is 9.10. The summed E-state index contributed by atoms with van der Waals surface area (Å²) in [5.74, 6) is 0.454. The second-order valence-corrected chi connectivity index (χ2v) is 5.67. The van der Waals surface area contributed by atoms with Gasteiger partial charge in [-0.25, -0.2) is 4.79 Å². The lowest BCUT2D eigenvalue weighted by molar-refractivity contribution is 0.0601. The summed E-state index contributed by atoms with van der Waals surface area (Å²) in [5.41, 5.74) is 1.32. The summed E-state index contributed by atoms with van der Waals surface area (Å²) in [7, 11) is 1.36. The van der Waals surface area contributed by atoms with Crippen LogP contribution in [-0.4, -0.2) is 19.1 Å². The Hall–Kier alpha value is -1.22. The fourth-order valence-electron chi connectivity index (χ4n) is 2.45. The Morgan fingerprint density at radius 3 is 2.84 bits per heavy atom. The van der Waals surface area contributed by atoms with Crippen molar-refractivity contribution in [2.24, 2.45) is 5.92 Å². The quantitative estimate of drug-likeness (QED) is 0.825. The predicted molar refractivity (Wildman–Crippen MR) is 77.8 cm³/mol. The molecule has 1 aromatic carbocycles. The maximum absolute atomic E-state index is 11.6. The molecule has 0 radical (unpaired) electrons. The highest BCUT2D eigenvalue weighted by Crippen LogP contribution is 2.31. The molecule has 0 bridgehead atoms. The summed E-state index contributed by atoms with van der Waals surface area (Å²) < 4.78 is 4.72. The first kappa shape index (κ1) is 14.2. The summed E-state index contributed by atoms with van der Waals surface area (Å²) in [6, 6.07) is 5.78. The smallest absolute Gasteiger partial charge is 0.339 e. The van der Waals surface area contributed by atoms with Crippen molar-refractivity contribution in [2.45, 2.75) is 38.6 Å². The van der Waals surface area contributed by atoms with Crippen LogP contribution in [-0.2, 0) is 4.74 Å². The zero-order chi connectivity index (χ0) is 13.8. The van der Waals surface area contributed by atoms with E-state index in [1.54, 1.807) is 12.1 Å². The van der Waals surface area contributed by atoms with Gasteiger partial charge in [0.15, 0.2) is 0 Å². The van der Waals surface area contributed by atoms with Gasteiger partial charge in [0, 0.05) is 11.7 Å². The number of carbonyl (C=O) groups is 1.